The molecule has 1 atom stereocenters. The van der Waals surface area contributed by atoms with E-state index in [4.69, 9.17) is 11.6 Å². The summed E-state index contributed by atoms with van der Waals surface area (Å²) in [5, 5.41) is 11.0. The standard InChI is InChI=1S/C13H16ClN3S/c1-2-4-10(11-5-3-8-18-11)17-12(9-6-7-9)15-16-13(17)14/h3,5,8-10H,2,4,6-7H2,1H3. The second-order valence-electron chi connectivity index (χ2n) is 4.79. The largest absolute Gasteiger partial charge is 0.293 e. The SMILES string of the molecule is CCCC(c1cccs1)n1c(Cl)nnc1C1CC1. The first kappa shape index (κ1) is 12.2. The van der Waals surface area contributed by atoms with Crippen molar-refractivity contribution in [3.63, 3.8) is 0 Å². The summed E-state index contributed by atoms with van der Waals surface area (Å²) in [7, 11) is 0. The van der Waals surface area contributed by atoms with Gasteiger partial charge in [-0.1, -0.05) is 19.4 Å². The Labute approximate surface area is 116 Å². The van der Waals surface area contributed by atoms with Crippen molar-refractivity contribution in [2.75, 3.05) is 0 Å². The number of thiophene rings is 1. The summed E-state index contributed by atoms with van der Waals surface area (Å²) in [4.78, 5) is 1.35. The number of nitrogens with zero attached hydrogens (tertiary/aromatic N) is 3. The van der Waals surface area contributed by atoms with E-state index < -0.39 is 0 Å². The van der Waals surface area contributed by atoms with Crippen LogP contribution < -0.4 is 0 Å². The minimum absolute atomic E-state index is 0.299. The summed E-state index contributed by atoms with van der Waals surface area (Å²) >= 11 is 8.04. The monoisotopic (exact) mass is 281 g/mol. The highest BCUT2D eigenvalue weighted by Gasteiger charge is 2.32. The molecule has 5 heteroatoms. The van der Waals surface area contributed by atoms with Crippen LogP contribution in [0.3, 0.4) is 0 Å². The van der Waals surface area contributed by atoms with Crippen LogP contribution in [0, 0.1) is 0 Å². The third kappa shape index (κ3) is 2.19. The van der Waals surface area contributed by atoms with E-state index in [1.54, 1.807) is 11.3 Å². The van der Waals surface area contributed by atoms with Crippen LogP contribution in [0.4, 0.5) is 0 Å². The van der Waals surface area contributed by atoms with Crippen molar-refractivity contribution in [3.05, 3.63) is 33.5 Å². The zero-order valence-electron chi connectivity index (χ0n) is 10.3. The average Bonchev–Trinajstić information content (AvgIpc) is 2.93. The fourth-order valence-electron chi connectivity index (χ4n) is 2.34. The molecule has 2 heterocycles. The van der Waals surface area contributed by atoms with Gasteiger partial charge in [0.15, 0.2) is 0 Å². The number of rotatable bonds is 5. The van der Waals surface area contributed by atoms with Crippen molar-refractivity contribution in [1.82, 2.24) is 14.8 Å². The first-order chi connectivity index (χ1) is 8.81. The molecule has 1 unspecified atom stereocenters. The van der Waals surface area contributed by atoms with Gasteiger partial charge < -0.3 is 0 Å². The van der Waals surface area contributed by atoms with Crippen LogP contribution in [-0.4, -0.2) is 14.8 Å². The molecule has 0 bridgehead atoms. The molecule has 2 aromatic heterocycles. The molecule has 0 spiro atoms. The van der Waals surface area contributed by atoms with Gasteiger partial charge in [0, 0.05) is 10.8 Å². The Morgan fingerprint density at radius 3 is 2.94 bits per heavy atom. The first-order valence-corrected chi connectivity index (χ1v) is 7.70. The number of halogens is 1. The van der Waals surface area contributed by atoms with Crippen LogP contribution >= 0.6 is 22.9 Å². The molecule has 2 aromatic rings. The van der Waals surface area contributed by atoms with Crippen molar-refractivity contribution in [3.8, 4) is 0 Å². The van der Waals surface area contributed by atoms with Gasteiger partial charge in [0.25, 0.3) is 0 Å². The fourth-order valence-corrected chi connectivity index (χ4v) is 3.44. The topological polar surface area (TPSA) is 30.7 Å². The summed E-state index contributed by atoms with van der Waals surface area (Å²) in [6.07, 6.45) is 4.65. The maximum Gasteiger partial charge on any atom is 0.225 e. The van der Waals surface area contributed by atoms with Crippen LogP contribution in [0.1, 0.15) is 55.3 Å². The Bertz CT molecular complexity index is 516. The van der Waals surface area contributed by atoms with E-state index >= 15 is 0 Å². The van der Waals surface area contributed by atoms with Crippen molar-refractivity contribution < 1.29 is 0 Å². The van der Waals surface area contributed by atoms with Gasteiger partial charge in [-0.3, -0.25) is 4.57 Å². The van der Waals surface area contributed by atoms with E-state index in [0.717, 1.165) is 18.7 Å². The molecular formula is C13H16ClN3S. The molecule has 0 aliphatic heterocycles. The molecule has 0 radical (unpaired) electrons. The molecule has 0 N–H and O–H groups in total. The Morgan fingerprint density at radius 1 is 1.50 bits per heavy atom. The summed E-state index contributed by atoms with van der Waals surface area (Å²) in [6.45, 7) is 2.20. The van der Waals surface area contributed by atoms with E-state index in [1.165, 1.54) is 17.7 Å². The zero-order valence-corrected chi connectivity index (χ0v) is 11.9. The molecule has 1 saturated carbocycles. The van der Waals surface area contributed by atoms with E-state index in [0.29, 0.717) is 17.2 Å². The van der Waals surface area contributed by atoms with Crippen LogP contribution in [0.25, 0.3) is 0 Å². The highest BCUT2D eigenvalue weighted by molar-refractivity contribution is 7.10. The maximum absolute atomic E-state index is 6.26. The molecule has 0 amide bonds. The molecule has 1 aliphatic carbocycles. The van der Waals surface area contributed by atoms with Crippen LogP contribution in [0.5, 0.6) is 0 Å². The Balaban J connectivity index is 2.01. The zero-order chi connectivity index (χ0) is 12.5. The second kappa shape index (κ2) is 5.02. The smallest absolute Gasteiger partial charge is 0.225 e. The Kier molecular flexibility index (Phi) is 3.39. The molecule has 0 aromatic carbocycles. The quantitative estimate of drug-likeness (QED) is 0.820. The summed E-state index contributed by atoms with van der Waals surface area (Å²) < 4.78 is 2.15. The first-order valence-electron chi connectivity index (χ1n) is 6.45. The third-order valence-electron chi connectivity index (χ3n) is 3.37. The fraction of sp³-hybridized carbons (Fsp3) is 0.538. The van der Waals surface area contributed by atoms with Gasteiger partial charge in [-0.25, -0.2) is 0 Å². The van der Waals surface area contributed by atoms with Gasteiger partial charge in [0.05, 0.1) is 6.04 Å². The van der Waals surface area contributed by atoms with Gasteiger partial charge in [-0.15, -0.1) is 21.5 Å². The number of aromatic nitrogens is 3. The van der Waals surface area contributed by atoms with Crippen LogP contribution in [-0.2, 0) is 0 Å². The highest BCUT2D eigenvalue weighted by atomic mass is 35.5. The van der Waals surface area contributed by atoms with E-state index in [2.05, 4.69) is 39.2 Å². The molecule has 0 saturated heterocycles. The molecule has 96 valence electrons. The van der Waals surface area contributed by atoms with E-state index in [-0.39, 0.29) is 0 Å². The van der Waals surface area contributed by atoms with Gasteiger partial charge in [-0.2, -0.15) is 0 Å². The lowest BCUT2D eigenvalue weighted by molar-refractivity contribution is 0.520. The van der Waals surface area contributed by atoms with Crippen LogP contribution in [0.2, 0.25) is 5.28 Å². The molecule has 1 aliphatic rings. The average molecular weight is 282 g/mol. The van der Waals surface area contributed by atoms with Crippen molar-refractivity contribution in [1.29, 1.82) is 0 Å². The number of hydrogen-bond acceptors (Lipinski definition) is 3. The van der Waals surface area contributed by atoms with E-state index in [9.17, 15) is 0 Å². The normalized spacial score (nSPS) is 17.0. The Morgan fingerprint density at radius 2 is 2.33 bits per heavy atom. The van der Waals surface area contributed by atoms with Crippen molar-refractivity contribution in [2.24, 2.45) is 0 Å². The summed E-state index contributed by atoms with van der Waals surface area (Å²) in [5.74, 6) is 1.65. The summed E-state index contributed by atoms with van der Waals surface area (Å²) in [6, 6.07) is 4.57. The molecule has 18 heavy (non-hydrogen) atoms. The van der Waals surface area contributed by atoms with Gasteiger partial charge in [0.2, 0.25) is 5.28 Å². The Hall–Kier alpha value is -0.870. The van der Waals surface area contributed by atoms with Gasteiger partial charge in [-0.05, 0) is 42.3 Å². The predicted octanol–water partition coefficient (Wildman–Crippen LogP) is 4.26. The van der Waals surface area contributed by atoms with Gasteiger partial charge in [0.1, 0.15) is 5.82 Å². The summed E-state index contributed by atoms with van der Waals surface area (Å²) in [5.41, 5.74) is 0. The minimum atomic E-state index is 0.299. The number of hydrogen-bond donors (Lipinski definition) is 0. The van der Waals surface area contributed by atoms with Gasteiger partial charge >= 0.3 is 0 Å². The van der Waals surface area contributed by atoms with Crippen molar-refractivity contribution in [2.45, 2.75) is 44.6 Å². The molecule has 3 nitrogen and oxygen atoms in total. The second-order valence-corrected chi connectivity index (χ2v) is 6.11. The highest BCUT2D eigenvalue weighted by Crippen LogP contribution is 2.42. The van der Waals surface area contributed by atoms with Crippen molar-refractivity contribution >= 4 is 22.9 Å². The van der Waals surface area contributed by atoms with Crippen LogP contribution in [0.15, 0.2) is 17.5 Å². The third-order valence-corrected chi connectivity index (χ3v) is 4.60. The lowest BCUT2D eigenvalue weighted by Gasteiger charge is -2.19. The molecule has 3 rings (SSSR count). The lowest BCUT2D eigenvalue weighted by atomic mass is 10.1. The molecule has 1 fully saturated rings. The molecular weight excluding hydrogens is 266 g/mol. The predicted molar refractivity (Wildman–Crippen MR) is 74.4 cm³/mol. The maximum atomic E-state index is 6.26. The van der Waals surface area contributed by atoms with E-state index in [1.807, 2.05) is 0 Å². The lowest BCUT2D eigenvalue weighted by Crippen LogP contribution is -2.12. The minimum Gasteiger partial charge on any atom is -0.293 e.